The molecule has 16 heavy (non-hydrogen) atoms. The Hall–Kier alpha value is -0.860. The lowest BCUT2D eigenvalue weighted by Gasteiger charge is -2.27. The topological polar surface area (TPSA) is 15.3 Å². The molecular formula is C14H22N2. The molecule has 0 aliphatic carbocycles. The van der Waals surface area contributed by atoms with E-state index in [2.05, 4.69) is 48.3 Å². The van der Waals surface area contributed by atoms with Crippen molar-refractivity contribution in [3.63, 3.8) is 0 Å². The van der Waals surface area contributed by atoms with Crippen molar-refractivity contribution >= 4 is 0 Å². The third kappa shape index (κ3) is 2.63. The van der Waals surface area contributed by atoms with Crippen molar-refractivity contribution in [1.82, 2.24) is 10.2 Å². The number of likely N-dealkylation sites (N-methyl/N-ethyl adjacent to an activating group) is 1. The first-order chi connectivity index (χ1) is 7.81. The summed E-state index contributed by atoms with van der Waals surface area (Å²) in [5.74, 6) is 0. The minimum absolute atomic E-state index is 0.726. The molecule has 1 N–H and O–H groups in total. The summed E-state index contributed by atoms with van der Waals surface area (Å²) in [6.07, 6.45) is 1.29. The van der Waals surface area contributed by atoms with E-state index in [0.717, 1.165) is 25.7 Å². The van der Waals surface area contributed by atoms with E-state index >= 15 is 0 Å². The predicted molar refractivity (Wildman–Crippen MR) is 68.5 cm³/mol. The Labute approximate surface area is 98.7 Å². The van der Waals surface area contributed by atoms with E-state index in [9.17, 15) is 0 Å². The molecule has 0 radical (unpaired) electrons. The summed E-state index contributed by atoms with van der Waals surface area (Å²) in [6, 6.07) is 9.44. The van der Waals surface area contributed by atoms with E-state index in [0.29, 0.717) is 0 Å². The first-order valence-electron chi connectivity index (χ1n) is 6.30. The zero-order chi connectivity index (χ0) is 11.4. The van der Waals surface area contributed by atoms with Gasteiger partial charge in [-0.3, -0.25) is 4.90 Å². The van der Waals surface area contributed by atoms with Gasteiger partial charge in [0.15, 0.2) is 0 Å². The Morgan fingerprint density at radius 1 is 1.38 bits per heavy atom. The summed E-state index contributed by atoms with van der Waals surface area (Å²) in [6.45, 7) is 9.03. The SMILES string of the molecule is CCN(Cc1ccccc1C)C1CCNC1. The second-order valence-electron chi connectivity index (χ2n) is 4.64. The van der Waals surface area contributed by atoms with Crippen LogP contribution in [0.5, 0.6) is 0 Å². The minimum Gasteiger partial charge on any atom is -0.315 e. The molecular weight excluding hydrogens is 196 g/mol. The van der Waals surface area contributed by atoms with Crippen LogP contribution in [0.2, 0.25) is 0 Å². The Bertz CT molecular complexity index is 329. The average Bonchev–Trinajstić information content (AvgIpc) is 2.81. The van der Waals surface area contributed by atoms with Crippen LogP contribution in [0.3, 0.4) is 0 Å². The van der Waals surface area contributed by atoms with Crippen molar-refractivity contribution in [1.29, 1.82) is 0 Å². The zero-order valence-electron chi connectivity index (χ0n) is 10.4. The van der Waals surface area contributed by atoms with Crippen LogP contribution in [-0.2, 0) is 6.54 Å². The molecule has 1 heterocycles. The quantitative estimate of drug-likeness (QED) is 0.833. The molecule has 0 spiro atoms. The van der Waals surface area contributed by atoms with Crippen molar-refractivity contribution in [2.45, 2.75) is 32.9 Å². The van der Waals surface area contributed by atoms with Crippen LogP contribution in [-0.4, -0.2) is 30.6 Å². The fraction of sp³-hybridized carbons (Fsp3) is 0.571. The molecule has 2 heteroatoms. The van der Waals surface area contributed by atoms with Crippen molar-refractivity contribution in [3.8, 4) is 0 Å². The largest absolute Gasteiger partial charge is 0.315 e. The first-order valence-corrected chi connectivity index (χ1v) is 6.30. The van der Waals surface area contributed by atoms with Crippen LogP contribution in [0, 0.1) is 6.92 Å². The second-order valence-corrected chi connectivity index (χ2v) is 4.64. The van der Waals surface area contributed by atoms with Gasteiger partial charge in [0, 0.05) is 19.1 Å². The van der Waals surface area contributed by atoms with Crippen LogP contribution >= 0.6 is 0 Å². The van der Waals surface area contributed by atoms with Gasteiger partial charge in [0.2, 0.25) is 0 Å². The summed E-state index contributed by atoms with van der Waals surface area (Å²) in [4.78, 5) is 2.59. The summed E-state index contributed by atoms with van der Waals surface area (Å²) in [5, 5.41) is 3.45. The third-order valence-corrected chi connectivity index (χ3v) is 3.59. The summed E-state index contributed by atoms with van der Waals surface area (Å²) < 4.78 is 0. The highest BCUT2D eigenvalue weighted by Crippen LogP contribution is 2.15. The standard InChI is InChI=1S/C14H22N2/c1-3-16(14-8-9-15-10-14)11-13-7-5-4-6-12(13)2/h4-7,14-15H,3,8-11H2,1-2H3. The molecule has 1 unspecified atom stereocenters. The lowest BCUT2D eigenvalue weighted by Crippen LogP contribution is -2.36. The van der Waals surface area contributed by atoms with E-state index in [1.807, 2.05) is 0 Å². The maximum atomic E-state index is 3.45. The molecule has 0 saturated carbocycles. The zero-order valence-corrected chi connectivity index (χ0v) is 10.4. The lowest BCUT2D eigenvalue weighted by molar-refractivity contribution is 0.210. The molecule has 88 valence electrons. The number of benzene rings is 1. The first kappa shape index (κ1) is 11.6. The van der Waals surface area contributed by atoms with Gasteiger partial charge >= 0.3 is 0 Å². The molecule has 2 nitrogen and oxygen atoms in total. The number of aryl methyl sites for hydroxylation is 1. The Morgan fingerprint density at radius 2 is 2.19 bits per heavy atom. The molecule has 0 amide bonds. The predicted octanol–water partition coefficient (Wildman–Crippen LogP) is 2.18. The summed E-state index contributed by atoms with van der Waals surface area (Å²) in [7, 11) is 0. The van der Waals surface area contributed by atoms with E-state index in [1.54, 1.807) is 0 Å². The lowest BCUT2D eigenvalue weighted by atomic mass is 10.1. The van der Waals surface area contributed by atoms with Gasteiger partial charge < -0.3 is 5.32 Å². The number of nitrogens with zero attached hydrogens (tertiary/aromatic N) is 1. The normalized spacial score (nSPS) is 20.6. The Balaban J connectivity index is 2.03. The van der Waals surface area contributed by atoms with Crippen molar-refractivity contribution in [2.75, 3.05) is 19.6 Å². The number of rotatable bonds is 4. The van der Waals surface area contributed by atoms with E-state index in [-0.39, 0.29) is 0 Å². The van der Waals surface area contributed by atoms with Gasteiger partial charge in [0.25, 0.3) is 0 Å². The molecule has 1 aliphatic rings. The van der Waals surface area contributed by atoms with E-state index < -0.39 is 0 Å². The van der Waals surface area contributed by atoms with Gasteiger partial charge in [0.1, 0.15) is 0 Å². The van der Waals surface area contributed by atoms with Crippen molar-refractivity contribution in [3.05, 3.63) is 35.4 Å². The van der Waals surface area contributed by atoms with Crippen LogP contribution in [0.4, 0.5) is 0 Å². The van der Waals surface area contributed by atoms with E-state index in [1.165, 1.54) is 24.1 Å². The molecule has 1 aromatic rings. The van der Waals surface area contributed by atoms with Crippen LogP contribution in [0.1, 0.15) is 24.5 Å². The maximum absolute atomic E-state index is 3.45. The second kappa shape index (κ2) is 5.46. The Kier molecular flexibility index (Phi) is 3.97. The molecule has 1 aromatic carbocycles. The van der Waals surface area contributed by atoms with Gasteiger partial charge in [0.05, 0.1) is 0 Å². The van der Waals surface area contributed by atoms with Gasteiger partial charge in [-0.1, -0.05) is 31.2 Å². The highest BCUT2D eigenvalue weighted by atomic mass is 15.2. The summed E-state index contributed by atoms with van der Waals surface area (Å²) in [5.41, 5.74) is 2.88. The van der Waals surface area contributed by atoms with Crippen molar-refractivity contribution in [2.24, 2.45) is 0 Å². The highest BCUT2D eigenvalue weighted by molar-refractivity contribution is 5.25. The molecule has 1 aliphatic heterocycles. The average molecular weight is 218 g/mol. The van der Waals surface area contributed by atoms with Gasteiger partial charge in [-0.25, -0.2) is 0 Å². The van der Waals surface area contributed by atoms with Gasteiger partial charge in [-0.15, -0.1) is 0 Å². The smallest absolute Gasteiger partial charge is 0.0239 e. The Morgan fingerprint density at radius 3 is 2.81 bits per heavy atom. The van der Waals surface area contributed by atoms with Crippen LogP contribution in [0.15, 0.2) is 24.3 Å². The van der Waals surface area contributed by atoms with Crippen molar-refractivity contribution < 1.29 is 0 Å². The summed E-state index contributed by atoms with van der Waals surface area (Å²) >= 11 is 0. The molecule has 1 fully saturated rings. The maximum Gasteiger partial charge on any atom is 0.0239 e. The molecule has 0 bridgehead atoms. The highest BCUT2D eigenvalue weighted by Gasteiger charge is 2.21. The van der Waals surface area contributed by atoms with Gasteiger partial charge in [-0.05, 0) is 37.6 Å². The van der Waals surface area contributed by atoms with E-state index in [4.69, 9.17) is 0 Å². The third-order valence-electron chi connectivity index (χ3n) is 3.59. The fourth-order valence-corrected chi connectivity index (χ4v) is 2.46. The minimum atomic E-state index is 0.726. The molecule has 1 atom stereocenters. The fourth-order valence-electron chi connectivity index (χ4n) is 2.46. The number of hydrogen-bond donors (Lipinski definition) is 1. The monoisotopic (exact) mass is 218 g/mol. The number of hydrogen-bond acceptors (Lipinski definition) is 2. The van der Waals surface area contributed by atoms with Crippen LogP contribution < -0.4 is 5.32 Å². The molecule has 2 rings (SSSR count). The molecule has 1 saturated heterocycles. The molecule has 0 aromatic heterocycles. The number of nitrogens with one attached hydrogen (secondary N) is 1. The van der Waals surface area contributed by atoms with Gasteiger partial charge in [-0.2, -0.15) is 0 Å². The van der Waals surface area contributed by atoms with Crippen LogP contribution in [0.25, 0.3) is 0 Å².